The molecule has 128 valence electrons. The lowest BCUT2D eigenvalue weighted by Crippen LogP contribution is -2.36. The van der Waals surface area contributed by atoms with Gasteiger partial charge < -0.3 is 19.4 Å². The van der Waals surface area contributed by atoms with E-state index in [0.717, 1.165) is 24.5 Å². The summed E-state index contributed by atoms with van der Waals surface area (Å²) >= 11 is 1.39. The molecule has 6 nitrogen and oxygen atoms in total. The summed E-state index contributed by atoms with van der Waals surface area (Å²) in [7, 11) is 0. The summed E-state index contributed by atoms with van der Waals surface area (Å²) in [5.74, 6) is 0.438. The summed E-state index contributed by atoms with van der Waals surface area (Å²) in [6, 6.07) is 11.4. The molecule has 1 saturated heterocycles. The molecule has 0 bridgehead atoms. The number of morpholine rings is 1. The second-order valence-electron chi connectivity index (χ2n) is 5.59. The number of rotatable bonds is 4. The number of hydrogen-bond acceptors (Lipinski definition) is 6. The van der Waals surface area contributed by atoms with Crippen molar-refractivity contribution in [2.75, 3.05) is 36.5 Å². The molecule has 25 heavy (non-hydrogen) atoms. The number of ether oxygens (including phenoxy) is 1. The topological polar surface area (TPSA) is 67.6 Å². The number of amides is 1. The Morgan fingerprint density at radius 3 is 2.80 bits per heavy atom. The van der Waals surface area contributed by atoms with Gasteiger partial charge in [-0.25, -0.2) is 4.98 Å². The molecule has 1 aliphatic rings. The van der Waals surface area contributed by atoms with Crippen molar-refractivity contribution in [1.29, 1.82) is 0 Å². The first-order chi connectivity index (χ1) is 12.3. The summed E-state index contributed by atoms with van der Waals surface area (Å²) in [5.41, 5.74) is 2.16. The van der Waals surface area contributed by atoms with Gasteiger partial charge in [0.2, 0.25) is 0 Å². The zero-order valence-corrected chi connectivity index (χ0v) is 14.3. The van der Waals surface area contributed by atoms with Crippen LogP contribution >= 0.6 is 11.3 Å². The van der Waals surface area contributed by atoms with Gasteiger partial charge in [0, 0.05) is 18.5 Å². The van der Waals surface area contributed by atoms with Crippen molar-refractivity contribution in [3.05, 3.63) is 53.7 Å². The Hall–Kier alpha value is -2.64. The predicted octanol–water partition coefficient (Wildman–Crippen LogP) is 3.49. The fraction of sp³-hybridized carbons (Fsp3) is 0.222. The molecule has 0 saturated carbocycles. The van der Waals surface area contributed by atoms with Gasteiger partial charge in [0.05, 0.1) is 30.9 Å². The Labute approximate surface area is 149 Å². The van der Waals surface area contributed by atoms with E-state index in [1.807, 2.05) is 30.3 Å². The minimum atomic E-state index is -0.227. The number of nitrogens with zero attached hydrogens (tertiary/aromatic N) is 2. The van der Waals surface area contributed by atoms with Gasteiger partial charge >= 0.3 is 0 Å². The van der Waals surface area contributed by atoms with Crippen LogP contribution in [0.3, 0.4) is 0 Å². The maximum absolute atomic E-state index is 12.6. The average molecular weight is 355 g/mol. The molecule has 1 N–H and O–H groups in total. The molecule has 0 aliphatic carbocycles. The largest absolute Gasteiger partial charge is 0.462 e. The molecule has 3 aromatic rings. The molecule has 4 rings (SSSR count). The standard InChI is InChI=1S/C18H17N3O3S/c22-17(14-12-25-18(20-14)16-6-3-9-24-16)19-13-4-1-2-5-15(13)21-7-10-23-11-8-21/h1-6,9,12H,7-8,10-11H2,(H,19,22). The molecule has 1 amide bonds. The van der Waals surface area contributed by atoms with Crippen molar-refractivity contribution in [3.63, 3.8) is 0 Å². The summed E-state index contributed by atoms with van der Waals surface area (Å²) in [4.78, 5) is 19.2. The first kappa shape index (κ1) is 15.9. The lowest BCUT2D eigenvalue weighted by atomic mass is 10.2. The van der Waals surface area contributed by atoms with Gasteiger partial charge in [-0.3, -0.25) is 4.79 Å². The number of furan rings is 1. The third kappa shape index (κ3) is 3.42. The number of carbonyl (C=O) groups excluding carboxylic acids is 1. The van der Waals surface area contributed by atoms with Gasteiger partial charge in [-0.15, -0.1) is 11.3 Å². The van der Waals surface area contributed by atoms with Crippen LogP contribution in [0.5, 0.6) is 0 Å². The van der Waals surface area contributed by atoms with Gasteiger partial charge in [-0.2, -0.15) is 0 Å². The minimum Gasteiger partial charge on any atom is -0.462 e. The Morgan fingerprint density at radius 2 is 2.00 bits per heavy atom. The van der Waals surface area contributed by atoms with E-state index in [-0.39, 0.29) is 5.91 Å². The van der Waals surface area contributed by atoms with Crippen molar-refractivity contribution in [3.8, 4) is 10.8 Å². The molecular weight excluding hydrogens is 338 g/mol. The minimum absolute atomic E-state index is 0.227. The quantitative estimate of drug-likeness (QED) is 0.776. The second kappa shape index (κ2) is 7.08. The van der Waals surface area contributed by atoms with Crippen molar-refractivity contribution in [2.24, 2.45) is 0 Å². The van der Waals surface area contributed by atoms with Crippen molar-refractivity contribution in [1.82, 2.24) is 4.98 Å². The zero-order valence-electron chi connectivity index (χ0n) is 13.5. The predicted molar refractivity (Wildman–Crippen MR) is 97.2 cm³/mol. The van der Waals surface area contributed by atoms with Crippen LogP contribution in [0.2, 0.25) is 0 Å². The van der Waals surface area contributed by atoms with Crippen LogP contribution in [0.1, 0.15) is 10.5 Å². The summed E-state index contributed by atoms with van der Waals surface area (Å²) in [5, 5.41) is 5.41. The third-order valence-corrected chi connectivity index (χ3v) is 4.83. The second-order valence-corrected chi connectivity index (χ2v) is 6.44. The van der Waals surface area contributed by atoms with Crippen molar-refractivity contribution < 1.29 is 13.9 Å². The first-order valence-electron chi connectivity index (χ1n) is 8.04. The maximum atomic E-state index is 12.6. The normalized spacial score (nSPS) is 14.5. The Kier molecular flexibility index (Phi) is 4.49. The highest BCUT2D eigenvalue weighted by Crippen LogP contribution is 2.28. The van der Waals surface area contributed by atoms with E-state index in [1.54, 1.807) is 17.7 Å². The number of aromatic nitrogens is 1. The molecule has 0 atom stereocenters. The first-order valence-corrected chi connectivity index (χ1v) is 8.92. The van der Waals surface area contributed by atoms with Crippen LogP contribution in [0.4, 0.5) is 11.4 Å². The SMILES string of the molecule is O=C(Nc1ccccc1N1CCOCC1)c1csc(-c2ccco2)n1. The van der Waals surface area contributed by atoms with E-state index in [4.69, 9.17) is 9.15 Å². The summed E-state index contributed by atoms with van der Waals surface area (Å²) in [6.45, 7) is 3.01. The Bertz CT molecular complexity index is 854. The van der Waals surface area contributed by atoms with Crippen molar-refractivity contribution >= 4 is 28.6 Å². The van der Waals surface area contributed by atoms with E-state index in [9.17, 15) is 4.79 Å². The highest BCUT2D eigenvalue weighted by Gasteiger charge is 2.18. The molecule has 0 unspecified atom stereocenters. The molecule has 2 aromatic heterocycles. The summed E-state index contributed by atoms with van der Waals surface area (Å²) < 4.78 is 10.7. The molecular formula is C18H17N3O3S. The lowest BCUT2D eigenvalue weighted by Gasteiger charge is -2.30. The number of anilines is 2. The molecule has 1 aromatic carbocycles. The van der Waals surface area contributed by atoms with E-state index < -0.39 is 0 Å². The Morgan fingerprint density at radius 1 is 1.16 bits per heavy atom. The van der Waals surface area contributed by atoms with Gasteiger partial charge in [-0.05, 0) is 24.3 Å². The molecule has 1 fully saturated rings. The van der Waals surface area contributed by atoms with E-state index >= 15 is 0 Å². The average Bonchev–Trinajstić information content (AvgIpc) is 3.34. The van der Waals surface area contributed by atoms with Gasteiger partial charge in [-0.1, -0.05) is 12.1 Å². The number of benzene rings is 1. The van der Waals surface area contributed by atoms with E-state index in [2.05, 4.69) is 15.2 Å². The maximum Gasteiger partial charge on any atom is 0.275 e. The summed E-state index contributed by atoms with van der Waals surface area (Å²) in [6.07, 6.45) is 1.59. The smallest absolute Gasteiger partial charge is 0.275 e. The van der Waals surface area contributed by atoms with Gasteiger partial charge in [0.25, 0.3) is 5.91 Å². The molecule has 3 heterocycles. The van der Waals surface area contributed by atoms with Crippen molar-refractivity contribution in [2.45, 2.75) is 0 Å². The lowest BCUT2D eigenvalue weighted by molar-refractivity contribution is 0.102. The number of nitrogens with one attached hydrogen (secondary N) is 1. The molecule has 0 spiro atoms. The van der Waals surface area contributed by atoms with Crippen LogP contribution < -0.4 is 10.2 Å². The number of thiazole rings is 1. The Balaban J connectivity index is 1.53. The van der Waals surface area contributed by atoms with Gasteiger partial charge in [0.15, 0.2) is 10.8 Å². The highest BCUT2D eigenvalue weighted by atomic mass is 32.1. The van der Waals surface area contributed by atoms with Crippen LogP contribution in [0, 0.1) is 0 Å². The van der Waals surface area contributed by atoms with E-state index in [0.29, 0.717) is 29.7 Å². The fourth-order valence-electron chi connectivity index (χ4n) is 2.74. The van der Waals surface area contributed by atoms with E-state index in [1.165, 1.54) is 11.3 Å². The number of hydrogen-bond donors (Lipinski definition) is 1. The van der Waals surface area contributed by atoms with Crippen LogP contribution in [0.15, 0.2) is 52.5 Å². The monoisotopic (exact) mass is 355 g/mol. The molecule has 1 aliphatic heterocycles. The zero-order chi connectivity index (χ0) is 17.1. The molecule has 0 radical (unpaired) electrons. The van der Waals surface area contributed by atoms with Crippen LogP contribution in [-0.2, 0) is 4.74 Å². The highest BCUT2D eigenvalue weighted by molar-refractivity contribution is 7.13. The number of para-hydroxylation sites is 2. The fourth-order valence-corrected chi connectivity index (χ4v) is 3.50. The van der Waals surface area contributed by atoms with Gasteiger partial charge in [0.1, 0.15) is 5.69 Å². The van der Waals surface area contributed by atoms with Crippen LogP contribution in [0.25, 0.3) is 10.8 Å². The number of carbonyl (C=O) groups is 1. The molecule has 7 heteroatoms. The van der Waals surface area contributed by atoms with Crippen LogP contribution in [-0.4, -0.2) is 37.2 Å². The third-order valence-electron chi connectivity index (χ3n) is 3.97.